The molecule has 1 aromatic heterocycles. The van der Waals surface area contributed by atoms with Crippen LogP contribution in [-0.2, 0) is 0 Å². The minimum atomic E-state index is 0.512. The Morgan fingerprint density at radius 3 is 2.20 bits per heavy atom. The van der Waals surface area contributed by atoms with Crippen LogP contribution in [0.15, 0.2) is 36.4 Å². The van der Waals surface area contributed by atoms with Gasteiger partial charge in [-0.1, -0.05) is 18.2 Å². The average molecular weight is 357 g/mol. The lowest BCUT2D eigenvalue weighted by Crippen LogP contribution is -2.01. The van der Waals surface area contributed by atoms with Crippen molar-refractivity contribution >= 4 is 12.2 Å². The predicted molar refractivity (Wildman–Crippen MR) is 98.6 cm³/mol. The highest BCUT2D eigenvalue weighted by molar-refractivity contribution is 7.71. The number of aromatic nitrogens is 3. The van der Waals surface area contributed by atoms with Gasteiger partial charge in [0.2, 0.25) is 5.75 Å². The number of aryl methyl sites for hydroxylation is 1. The Morgan fingerprint density at radius 2 is 1.64 bits per heavy atom. The monoisotopic (exact) mass is 357 g/mol. The molecule has 7 heteroatoms. The van der Waals surface area contributed by atoms with Crippen LogP contribution in [0.5, 0.6) is 17.2 Å². The fourth-order valence-electron chi connectivity index (χ4n) is 2.74. The van der Waals surface area contributed by atoms with Gasteiger partial charge in [0.1, 0.15) is 0 Å². The van der Waals surface area contributed by atoms with Crippen LogP contribution in [-0.4, -0.2) is 36.1 Å². The second-order valence-electron chi connectivity index (χ2n) is 5.39. The molecule has 0 amide bonds. The number of nitrogens with zero attached hydrogens (tertiary/aromatic N) is 2. The molecule has 0 saturated heterocycles. The number of hydrogen-bond acceptors (Lipinski definition) is 5. The van der Waals surface area contributed by atoms with E-state index in [0.717, 1.165) is 16.8 Å². The van der Waals surface area contributed by atoms with Crippen LogP contribution < -0.4 is 14.2 Å². The van der Waals surface area contributed by atoms with Gasteiger partial charge in [-0.25, -0.2) is 0 Å². The maximum absolute atomic E-state index is 5.44. The van der Waals surface area contributed by atoms with Gasteiger partial charge >= 0.3 is 0 Å². The Hall–Kier alpha value is -2.80. The third-order valence-corrected chi connectivity index (χ3v) is 4.23. The van der Waals surface area contributed by atoms with E-state index in [-0.39, 0.29) is 0 Å². The van der Waals surface area contributed by atoms with Crippen molar-refractivity contribution in [1.29, 1.82) is 0 Å². The quantitative estimate of drug-likeness (QED) is 0.701. The van der Waals surface area contributed by atoms with Crippen molar-refractivity contribution in [2.75, 3.05) is 21.3 Å². The Kier molecular flexibility index (Phi) is 4.76. The maximum atomic E-state index is 5.44. The lowest BCUT2D eigenvalue weighted by molar-refractivity contribution is 0.324. The van der Waals surface area contributed by atoms with Gasteiger partial charge in [0.05, 0.1) is 27.0 Å². The zero-order chi connectivity index (χ0) is 18.0. The SMILES string of the molecule is COc1cc(-c2n[nH]c(=S)n2-c2ccccc2C)cc(OC)c1OC. The van der Waals surface area contributed by atoms with Gasteiger partial charge in [-0.3, -0.25) is 9.67 Å². The van der Waals surface area contributed by atoms with Gasteiger partial charge in [0.25, 0.3) is 0 Å². The van der Waals surface area contributed by atoms with Crippen LogP contribution in [0.4, 0.5) is 0 Å². The standard InChI is InChI=1S/C18H19N3O3S/c1-11-7-5-6-8-13(11)21-17(19-20-18(21)25)12-9-14(22-2)16(24-4)15(10-12)23-3/h5-10H,1-4H3,(H,20,25). The lowest BCUT2D eigenvalue weighted by Gasteiger charge is -2.15. The van der Waals surface area contributed by atoms with Gasteiger partial charge < -0.3 is 14.2 Å². The molecule has 25 heavy (non-hydrogen) atoms. The summed E-state index contributed by atoms with van der Waals surface area (Å²) in [7, 11) is 4.74. The summed E-state index contributed by atoms with van der Waals surface area (Å²) in [6, 6.07) is 11.7. The number of H-pyrrole nitrogens is 1. The van der Waals surface area contributed by atoms with Crippen LogP contribution in [0, 0.1) is 11.7 Å². The molecule has 0 spiro atoms. The second kappa shape index (κ2) is 6.98. The second-order valence-corrected chi connectivity index (χ2v) is 5.77. The van der Waals surface area contributed by atoms with Crippen molar-refractivity contribution in [2.45, 2.75) is 6.92 Å². The summed E-state index contributed by atoms with van der Waals surface area (Å²) in [6.45, 7) is 2.03. The van der Waals surface area contributed by atoms with Gasteiger partial charge in [0, 0.05) is 5.56 Å². The van der Waals surface area contributed by atoms with Gasteiger partial charge in [-0.2, -0.15) is 5.10 Å². The summed E-state index contributed by atoms with van der Waals surface area (Å²) in [5, 5.41) is 7.27. The van der Waals surface area contributed by atoms with Gasteiger partial charge in [0.15, 0.2) is 22.1 Å². The number of ether oxygens (including phenoxy) is 3. The Labute approximate surface area is 151 Å². The Bertz CT molecular complexity index is 937. The van der Waals surface area contributed by atoms with Crippen molar-refractivity contribution in [1.82, 2.24) is 14.8 Å². The molecule has 1 N–H and O–H groups in total. The summed E-state index contributed by atoms with van der Waals surface area (Å²) in [6.07, 6.45) is 0. The summed E-state index contributed by atoms with van der Waals surface area (Å²) in [5.41, 5.74) is 2.85. The molecular formula is C18H19N3O3S. The van der Waals surface area contributed by atoms with Crippen LogP contribution in [0.25, 0.3) is 17.1 Å². The molecule has 0 aliphatic heterocycles. The molecule has 0 saturated carbocycles. The maximum Gasteiger partial charge on any atom is 0.203 e. The van der Waals surface area contributed by atoms with Gasteiger partial charge in [-0.15, -0.1) is 0 Å². The molecule has 0 atom stereocenters. The van der Waals surface area contributed by atoms with Crippen molar-refractivity contribution in [3.63, 3.8) is 0 Å². The van der Waals surface area contributed by atoms with E-state index in [9.17, 15) is 0 Å². The fourth-order valence-corrected chi connectivity index (χ4v) is 2.97. The molecule has 3 rings (SSSR count). The molecule has 0 bridgehead atoms. The number of benzene rings is 2. The van der Waals surface area contributed by atoms with Crippen LogP contribution in [0.2, 0.25) is 0 Å². The first-order valence-electron chi connectivity index (χ1n) is 7.64. The van der Waals surface area contributed by atoms with E-state index >= 15 is 0 Å². The van der Waals surface area contributed by atoms with Crippen molar-refractivity contribution in [3.8, 4) is 34.3 Å². The van der Waals surface area contributed by atoms with Crippen molar-refractivity contribution in [2.24, 2.45) is 0 Å². The topological polar surface area (TPSA) is 61.3 Å². The normalized spacial score (nSPS) is 10.6. The van der Waals surface area contributed by atoms with Gasteiger partial charge in [-0.05, 0) is 42.9 Å². The largest absolute Gasteiger partial charge is 0.493 e. The highest BCUT2D eigenvalue weighted by Crippen LogP contribution is 2.41. The molecule has 2 aromatic carbocycles. The average Bonchev–Trinajstić information content (AvgIpc) is 3.02. The summed E-state index contributed by atoms with van der Waals surface area (Å²) in [4.78, 5) is 0. The molecule has 0 aliphatic rings. The predicted octanol–water partition coefficient (Wildman–Crippen LogP) is 3.93. The minimum Gasteiger partial charge on any atom is -0.493 e. The molecule has 6 nitrogen and oxygen atoms in total. The fraction of sp³-hybridized carbons (Fsp3) is 0.222. The number of hydrogen-bond donors (Lipinski definition) is 1. The first kappa shape index (κ1) is 17.0. The highest BCUT2D eigenvalue weighted by atomic mass is 32.1. The lowest BCUT2D eigenvalue weighted by atomic mass is 10.1. The van der Waals surface area contributed by atoms with Crippen LogP contribution in [0.1, 0.15) is 5.56 Å². The van der Waals surface area contributed by atoms with E-state index in [1.807, 2.05) is 47.9 Å². The third-order valence-electron chi connectivity index (χ3n) is 3.95. The first-order chi connectivity index (χ1) is 12.1. The van der Waals surface area contributed by atoms with Crippen molar-refractivity contribution < 1.29 is 14.2 Å². The van der Waals surface area contributed by atoms with E-state index in [2.05, 4.69) is 10.2 Å². The molecule has 0 radical (unpaired) electrons. The molecular weight excluding hydrogens is 338 g/mol. The zero-order valence-electron chi connectivity index (χ0n) is 14.5. The Morgan fingerprint density at radius 1 is 1.00 bits per heavy atom. The van der Waals surface area contributed by atoms with Crippen molar-refractivity contribution in [3.05, 3.63) is 46.7 Å². The van der Waals surface area contributed by atoms with E-state index in [1.54, 1.807) is 21.3 Å². The van der Waals surface area contributed by atoms with E-state index in [0.29, 0.717) is 27.8 Å². The molecule has 130 valence electrons. The smallest absolute Gasteiger partial charge is 0.203 e. The molecule has 0 aliphatic carbocycles. The number of methoxy groups -OCH3 is 3. The molecule has 3 aromatic rings. The number of aromatic amines is 1. The highest BCUT2D eigenvalue weighted by Gasteiger charge is 2.18. The molecule has 0 fully saturated rings. The van der Waals surface area contributed by atoms with Crippen LogP contribution in [0.3, 0.4) is 0 Å². The first-order valence-corrected chi connectivity index (χ1v) is 8.05. The number of para-hydroxylation sites is 1. The number of rotatable bonds is 5. The summed E-state index contributed by atoms with van der Waals surface area (Å²) in [5.74, 6) is 2.31. The van der Waals surface area contributed by atoms with Crippen LogP contribution >= 0.6 is 12.2 Å². The Balaban J connectivity index is 2.26. The molecule has 1 heterocycles. The van der Waals surface area contributed by atoms with E-state index < -0.39 is 0 Å². The summed E-state index contributed by atoms with van der Waals surface area (Å²) >= 11 is 5.44. The zero-order valence-corrected chi connectivity index (χ0v) is 15.3. The van der Waals surface area contributed by atoms with E-state index in [4.69, 9.17) is 26.4 Å². The van der Waals surface area contributed by atoms with E-state index in [1.165, 1.54) is 0 Å². The molecule has 0 unspecified atom stereocenters. The summed E-state index contributed by atoms with van der Waals surface area (Å²) < 4.78 is 18.7. The third kappa shape index (κ3) is 2.98. The number of nitrogens with one attached hydrogen (secondary N) is 1. The minimum absolute atomic E-state index is 0.512.